The highest BCUT2D eigenvalue weighted by atomic mass is 16.4. The average Bonchev–Trinajstić information content (AvgIpc) is 2.42. The van der Waals surface area contributed by atoms with Crippen molar-refractivity contribution in [3.8, 4) is 0 Å². The second-order valence-corrected chi connectivity index (χ2v) is 4.33. The molecule has 2 atom stereocenters. The zero-order chi connectivity index (χ0) is 14.3. The summed E-state index contributed by atoms with van der Waals surface area (Å²) in [6.07, 6.45) is 6.85. The maximum absolute atomic E-state index is 11.7. The first-order valence-electron chi connectivity index (χ1n) is 6.16. The van der Waals surface area contributed by atoms with Crippen LogP contribution < -0.4 is 5.32 Å². The summed E-state index contributed by atoms with van der Waals surface area (Å²) < 4.78 is 0. The number of carboxylic acids is 1. The van der Waals surface area contributed by atoms with Crippen molar-refractivity contribution in [1.82, 2.24) is 10.3 Å². The number of carbonyl (C=O) groups is 2. The molecule has 0 bridgehead atoms. The van der Waals surface area contributed by atoms with Crippen LogP contribution in [-0.4, -0.2) is 28.0 Å². The van der Waals surface area contributed by atoms with Crippen molar-refractivity contribution >= 4 is 18.0 Å². The third-order valence-electron chi connectivity index (χ3n) is 2.89. The van der Waals surface area contributed by atoms with Crippen molar-refractivity contribution < 1.29 is 14.7 Å². The van der Waals surface area contributed by atoms with E-state index in [2.05, 4.69) is 10.3 Å². The minimum Gasteiger partial charge on any atom is -0.480 e. The summed E-state index contributed by atoms with van der Waals surface area (Å²) in [5.41, 5.74) is 0.785. The number of hydrogen-bond acceptors (Lipinski definition) is 3. The molecule has 5 nitrogen and oxygen atoms in total. The summed E-state index contributed by atoms with van der Waals surface area (Å²) >= 11 is 0. The van der Waals surface area contributed by atoms with E-state index in [1.54, 1.807) is 37.5 Å². The molecule has 0 aliphatic heterocycles. The average molecular weight is 262 g/mol. The van der Waals surface area contributed by atoms with E-state index in [4.69, 9.17) is 5.11 Å². The molecule has 0 aromatic carbocycles. The molecule has 5 heteroatoms. The van der Waals surface area contributed by atoms with Crippen molar-refractivity contribution in [2.45, 2.75) is 26.3 Å². The number of amides is 1. The van der Waals surface area contributed by atoms with Crippen LogP contribution in [0.25, 0.3) is 6.08 Å². The Labute approximate surface area is 112 Å². The number of carboxylic acid groups (broad SMARTS) is 1. The van der Waals surface area contributed by atoms with Crippen LogP contribution in [-0.2, 0) is 9.59 Å². The Hall–Kier alpha value is -2.17. The van der Waals surface area contributed by atoms with Crippen molar-refractivity contribution in [2.75, 3.05) is 0 Å². The number of rotatable bonds is 6. The molecule has 0 fully saturated rings. The van der Waals surface area contributed by atoms with Gasteiger partial charge in [0.25, 0.3) is 0 Å². The van der Waals surface area contributed by atoms with Crippen molar-refractivity contribution in [3.63, 3.8) is 0 Å². The smallest absolute Gasteiger partial charge is 0.326 e. The Balaban J connectivity index is 2.63. The SMILES string of the molecule is CCC(C)C(NC(=O)/C=C/c1cccnc1)C(=O)O. The third-order valence-corrected chi connectivity index (χ3v) is 2.89. The van der Waals surface area contributed by atoms with Gasteiger partial charge in [0.05, 0.1) is 0 Å². The summed E-state index contributed by atoms with van der Waals surface area (Å²) in [6.45, 7) is 3.68. The summed E-state index contributed by atoms with van der Waals surface area (Å²) in [5, 5.41) is 11.6. The van der Waals surface area contributed by atoms with E-state index in [0.717, 1.165) is 5.56 Å². The van der Waals surface area contributed by atoms with Crippen LogP contribution in [0.3, 0.4) is 0 Å². The lowest BCUT2D eigenvalue weighted by atomic mass is 9.99. The Morgan fingerprint density at radius 2 is 2.26 bits per heavy atom. The largest absolute Gasteiger partial charge is 0.480 e. The van der Waals surface area contributed by atoms with Gasteiger partial charge in [-0.2, -0.15) is 0 Å². The van der Waals surface area contributed by atoms with Crippen LogP contribution in [0.2, 0.25) is 0 Å². The Kier molecular flexibility index (Phi) is 5.73. The molecule has 0 saturated heterocycles. The normalized spacial score (nSPS) is 14.0. The number of aromatic nitrogens is 1. The van der Waals surface area contributed by atoms with Gasteiger partial charge in [-0.05, 0) is 23.6 Å². The number of hydrogen-bond donors (Lipinski definition) is 2. The zero-order valence-corrected chi connectivity index (χ0v) is 11.0. The fourth-order valence-electron chi connectivity index (χ4n) is 1.53. The predicted octanol–water partition coefficient (Wildman–Crippen LogP) is 1.71. The first-order valence-corrected chi connectivity index (χ1v) is 6.16. The van der Waals surface area contributed by atoms with Crippen LogP contribution in [0.5, 0.6) is 0 Å². The summed E-state index contributed by atoms with van der Waals surface area (Å²) in [5.74, 6) is -1.55. The Bertz CT molecular complexity index is 457. The van der Waals surface area contributed by atoms with Gasteiger partial charge in [0.2, 0.25) is 5.91 Å². The van der Waals surface area contributed by atoms with Crippen LogP contribution >= 0.6 is 0 Å². The van der Waals surface area contributed by atoms with Gasteiger partial charge < -0.3 is 10.4 Å². The maximum Gasteiger partial charge on any atom is 0.326 e. The molecule has 102 valence electrons. The van der Waals surface area contributed by atoms with Gasteiger partial charge in [-0.15, -0.1) is 0 Å². The fraction of sp³-hybridized carbons (Fsp3) is 0.357. The molecule has 2 N–H and O–H groups in total. The van der Waals surface area contributed by atoms with Gasteiger partial charge in [0.1, 0.15) is 6.04 Å². The molecule has 1 amide bonds. The van der Waals surface area contributed by atoms with E-state index in [1.165, 1.54) is 6.08 Å². The minimum atomic E-state index is -1.02. The lowest BCUT2D eigenvalue weighted by Crippen LogP contribution is -2.44. The highest BCUT2D eigenvalue weighted by Crippen LogP contribution is 2.08. The van der Waals surface area contributed by atoms with Gasteiger partial charge >= 0.3 is 5.97 Å². The molecule has 1 aromatic heterocycles. The maximum atomic E-state index is 11.7. The molecule has 0 saturated carbocycles. The third kappa shape index (κ3) is 4.91. The van der Waals surface area contributed by atoms with Crippen molar-refractivity contribution in [1.29, 1.82) is 0 Å². The standard InChI is InChI=1S/C14H18N2O3/c1-3-10(2)13(14(18)19)16-12(17)7-6-11-5-4-8-15-9-11/h4-10,13H,3H2,1-2H3,(H,16,17)(H,18,19)/b7-6+. The van der Waals surface area contributed by atoms with Crippen LogP contribution in [0.4, 0.5) is 0 Å². The van der Waals surface area contributed by atoms with Crippen molar-refractivity contribution in [2.24, 2.45) is 5.92 Å². The van der Waals surface area contributed by atoms with E-state index in [9.17, 15) is 9.59 Å². The van der Waals surface area contributed by atoms with Crippen LogP contribution in [0.15, 0.2) is 30.6 Å². The molecule has 0 aliphatic rings. The molecule has 0 spiro atoms. The molecule has 0 radical (unpaired) electrons. The lowest BCUT2D eigenvalue weighted by molar-refractivity contribution is -0.142. The number of pyridine rings is 1. The predicted molar refractivity (Wildman–Crippen MR) is 72.3 cm³/mol. The molecule has 2 unspecified atom stereocenters. The number of carbonyl (C=O) groups excluding carboxylic acids is 1. The summed E-state index contributed by atoms with van der Waals surface area (Å²) in [7, 11) is 0. The van der Waals surface area contributed by atoms with Crippen molar-refractivity contribution in [3.05, 3.63) is 36.2 Å². The van der Waals surface area contributed by atoms with E-state index < -0.39 is 17.9 Å². The number of nitrogens with zero attached hydrogens (tertiary/aromatic N) is 1. The topological polar surface area (TPSA) is 79.3 Å². The van der Waals surface area contributed by atoms with Gasteiger partial charge in [0, 0.05) is 18.5 Å². The Morgan fingerprint density at radius 1 is 1.53 bits per heavy atom. The first-order chi connectivity index (χ1) is 9.04. The van der Waals surface area contributed by atoms with Gasteiger partial charge in [-0.25, -0.2) is 4.79 Å². The number of nitrogens with one attached hydrogen (secondary N) is 1. The molecule has 1 heterocycles. The van der Waals surface area contributed by atoms with Gasteiger partial charge in [-0.3, -0.25) is 9.78 Å². The highest BCUT2D eigenvalue weighted by Gasteiger charge is 2.24. The molecular weight excluding hydrogens is 244 g/mol. The minimum absolute atomic E-state index is 0.117. The fourth-order valence-corrected chi connectivity index (χ4v) is 1.53. The summed E-state index contributed by atoms with van der Waals surface area (Å²) in [4.78, 5) is 26.6. The lowest BCUT2D eigenvalue weighted by Gasteiger charge is -2.19. The number of aliphatic carboxylic acids is 1. The Morgan fingerprint density at radius 3 is 2.79 bits per heavy atom. The van der Waals surface area contributed by atoms with Gasteiger partial charge in [0.15, 0.2) is 0 Å². The second-order valence-electron chi connectivity index (χ2n) is 4.33. The van der Waals surface area contributed by atoms with E-state index in [1.807, 2.05) is 6.92 Å². The summed E-state index contributed by atoms with van der Waals surface area (Å²) in [6, 6.07) is 2.70. The molecule has 1 rings (SSSR count). The van der Waals surface area contributed by atoms with Crippen LogP contribution in [0.1, 0.15) is 25.8 Å². The molecule has 0 aliphatic carbocycles. The molecule has 19 heavy (non-hydrogen) atoms. The monoisotopic (exact) mass is 262 g/mol. The van der Waals surface area contributed by atoms with E-state index >= 15 is 0 Å². The molecule has 1 aromatic rings. The second kappa shape index (κ2) is 7.31. The molecular formula is C14H18N2O3. The first kappa shape index (κ1) is 14.9. The zero-order valence-electron chi connectivity index (χ0n) is 11.0. The van der Waals surface area contributed by atoms with Crippen LogP contribution in [0, 0.1) is 5.92 Å². The highest BCUT2D eigenvalue weighted by molar-refractivity contribution is 5.94. The van der Waals surface area contributed by atoms with Gasteiger partial charge in [-0.1, -0.05) is 26.3 Å². The quantitative estimate of drug-likeness (QED) is 0.765. The van der Waals surface area contributed by atoms with E-state index in [0.29, 0.717) is 6.42 Å². The van der Waals surface area contributed by atoms with E-state index in [-0.39, 0.29) is 5.92 Å².